The molecule has 0 aromatic heterocycles. The molecule has 3 heteroatoms. The molecule has 0 fully saturated rings. The Morgan fingerprint density at radius 3 is 3.12 bits per heavy atom. The van der Waals surface area contributed by atoms with Crippen molar-refractivity contribution in [1.29, 1.82) is 0 Å². The number of hydrogen-bond donors (Lipinski definition) is 1. The monoisotopic (exact) mass is 218 g/mol. The fourth-order valence-corrected chi connectivity index (χ4v) is 2.43. The number of benzene rings is 1. The summed E-state index contributed by atoms with van der Waals surface area (Å²) in [5.41, 5.74) is 2.66. The Morgan fingerprint density at radius 2 is 2.31 bits per heavy atom. The fraction of sp³-hybridized carbons (Fsp3) is 0.462. The van der Waals surface area contributed by atoms with Gasteiger partial charge in [-0.25, -0.2) is 0 Å². The van der Waals surface area contributed by atoms with Crippen LogP contribution in [0, 0.1) is 0 Å². The minimum Gasteiger partial charge on any atom is -0.374 e. The lowest BCUT2D eigenvalue weighted by molar-refractivity contribution is -0.109. The first kappa shape index (κ1) is 11.0. The van der Waals surface area contributed by atoms with E-state index in [1.165, 1.54) is 17.7 Å². The van der Waals surface area contributed by atoms with Gasteiger partial charge >= 0.3 is 0 Å². The summed E-state index contributed by atoms with van der Waals surface area (Å²) >= 11 is 0. The Bertz CT molecular complexity index is 365. The van der Waals surface area contributed by atoms with Crippen molar-refractivity contribution in [2.75, 3.05) is 25.0 Å². The molecule has 1 amide bonds. The van der Waals surface area contributed by atoms with E-state index in [4.69, 9.17) is 0 Å². The lowest BCUT2D eigenvalue weighted by atomic mass is 9.94. The molecule has 16 heavy (non-hydrogen) atoms. The molecule has 0 saturated carbocycles. The number of anilines is 1. The Hall–Kier alpha value is -1.51. The van der Waals surface area contributed by atoms with E-state index in [9.17, 15) is 4.79 Å². The standard InChI is InChI=1S/C13H18N2O/c1-15-8-4-5-11(9-14-10-16)12-6-2-3-7-13(12)15/h2-3,6-7,10-11H,4-5,8-9H2,1H3,(H,14,16). The van der Waals surface area contributed by atoms with E-state index in [1.807, 2.05) is 0 Å². The average molecular weight is 218 g/mol. The van der Waals surface area contributed by atoms with Crippen LogP contribution < -0.4 is 10.2 Å². The molecule has 0 saturated heterocycles. The minimum absolute atomic E-state index is 0.450. The van der Waals surface area contributed by atoms with E-state index >= 15 is 0 Å². The highest BCUT2D eigenvalue weighted by Gasteiger charge is 2.20. The van der Waals surface area contributed by atoms with E-state index in [0.29, 0.717) is 5.92 Å². The van der Waals surface area contributed by atoms with E-state index in [-0.39, 0.29) is 0 Å². The van der Waals surface area contributed by atoms with Crippen LogP contribution in [0.15, 0.2) is 24.3 Å². The predicted molar refractivity (Wildman–Crippen MR) is 65.8 cm³/mol. The number of fused-ring (bicyclic) bond motifs is 1. The van der Waals surface area contributed by atoms with Crippen LogP contribution >= 0.6 is 0 Å². The second-order valence-electron chi connectivity index (χ2n) is 4.35. The summed E-state index contributed by atoms with van der Waals surface area (Å²) in [7, 11) is 2.13. The second kappa shape index (κ2) is 5.01. The number of nitrogens with one attached hydrogen (secondary N) is 1. The molecule has 0 bridgehead atoms. The van der Waals surface area contributed by atoms with E-state index < -0.39 is 0 Å². The molecular weight excluding hydrogens is 200 g/mol. The number of carbonyl (C=O) groups excluding carboxylic acids is 1. The lowest BCUT2D eigenvalue weighted by Crippen LogP contribution is -2.20. The van der Waals surface area contributed by atoms with Gasteiger partial charge in [0.15, 0.2) is 0 Å². The van der Waals surface area contributed by atoms with Gasteiger partial charge in [-0.1, -0.05) is 18.2 Å². The SMILES string of the molecule is CN1CCCC(CNC=O)c2ccccc21. The molecule has 1 aliphatic heterocycles. The summed E-state index contributed by atoms with van der Waals surface area (Å²) in [5.74, 6) is 0.450. The molecule has 1 aromatic carbocycles. The van der Waals surface area contributed by atoms with Crippen LogP contribution in [0.3, 0.4) is 0 Å². The quantitative estimate of drug-likeness (QED) is 0.784. The zero-order valence-electron chi connectivity index (χ0n) is 9.65. The Labute approximate surface area is 96.5 Å². The molecule has 1 aliphatic rings. The molecule has 1 unspecified atom stereocenters. The molecule has 1 heterocycles. The Morgan fingerprint density at radius 1 is 1.50 bits per heavy atom. The van der Waals surface area contributed by atoms with Gasteiger partial charge in [0.05, 0.1) is 0 Å². The zero-order chi connectivity index (χ0) is 11.4. The van der Waals surface area contributed by atoms with Crippen LogP contribution in [0.2, 0.25) is 0 Å². The van der Waals surface area contributed by atoms with Crippen LogP contribution in [-0.2, 0) is 4.79 Å². The Balaban J connectivity index is 2.27. The van der Waals surface area contributed by atoms with Crippen molar-refractivity contribution in [2.45, 2.75) is 18.8 Å². The highest BCUT2D eigenvalue weighted by Crippen LogP contribution is 2.32. The largest absolute Gasteiger partial charge is 0.374 e. The van der Waals surface area contributed by atoms with Crippen LogP contribution in [0.5, 0.6) is 0 Å². The van der Waals surface area contributed by atoms with Gasteiger partial charge in [-0.3, -0.25) is 4.79 Å². The van der Waals surface area contributed by atoms with Crippen molar-refractivity contribution >= 4 is 12.1 Å². The maximum atomic E-state index is 10.4. The normalized spacial score (nSPS) is 19.8. The molecule has 2 rings (SSSR count). The van der Waals surface area contributed by atoms with E-state index in [1.54, 1.807) is 0 Å². The molecule has 86 valence electrons. The Kier molecular flexibility index (Phi) is 3.44. The third-order valence-electron chi connectivity index (χ3n) is 3.28. The number of para-hydroxylation sites is 1. The zero-order valence-corrected chi connectivity index (χ0v) is 9.65. The summed E-state index contributed by atoms with van der Waals surface area (Å²) in [6.45, 7) is 1.84. The number of rotatable bonds is 3. The van der Waals surface area contributed by atoms with Gasteiger partial charge < -0.3 is 10.2 Å². The average Bonchev–Trinajstić information content (AvgIpc) is 2.47. The first-order valence-electron chi connectivity index (χ1n) is 5.80. The summed E-state index contributed by atoms with van der Waals surface area (Å²) in [5, 5.41) is 2.80. The van der Waals surface area contributed by atoms with Crippen molar-refractivity contribution < 1.29 is 4.79 Å². The molecule has 0 radical (unpaired) electrons. The number of amides is 1. The van der Waals surface area contributed by atoms with Gasteiger partial charge in [0.25, 0.3) is 0 Å². The molecule has 1 aromatic rings. The van der Waals surface area contributed by atoms with Crippen molar-refractivity contribution in [1.82, 2.24) is 5.32 Å². The van der Waals surface area contributed by atoms with Crippen LogP contribution in [0.4, 0.5) is 5.69 Å². The topological polar surface area (TPSA) is 32.3 Å². The smallest absolute Gasteiger partial charge is 0.207 e. The molecular formula is C13H18N2O. The molecule has 1 atom stereocenters. The number of nitrogens with zero attached hydrogens (tertiary/aromatic N) is 1. The number of carbonyl (C=O) groups is 1. The maximum Gasteiger partial charge on any atom is 0.207 e. The summed E-state index contributed by atoms with van der Waals surface area (Å²) in [6.07, 6.45) is 3.11. The summed E-state index contributed by atoms with van der Waals surface area (Å²) in [6, 6.07) is 8.49. The van der Waals surface area contributed by atoms with Crippen LogP contribution in [0.25, 0.3) is 0 Å². The van der Waals surface area contributed by atoms with Gasteiger partial charge in [0.2, 0.25) is 6.41 Å². The molecule has 1 N–H and O–H groups in total. The van der Waals surface area contributed by atoms with Crippen LogP contribution in [0.1, 0.15) is 24.3 Å². The second-order valence-corrected chi connectivity index (χ2v) is 4.35. The fourth-order valence-electron chi connectivity index (χ4n) is 2.43. The van der Waals surface area contributed by atoms with Gasteiger partial charge in [-0.2, -0.15) is 0 Å². The summed E-state index contributed by atoms with van der Waals surface area (Å²) in [4.78, 5) is 12.7. The van der Waals surface area contributed by atoms with E-state index in [2.05, 4.69) is 41.5 Å². The van der Waals surface area contributed by atoms with Crippen molar-refractivity contribution in [3.8, 4) is 0 Å². The summed E-state index contributed by atoms with van der Waals surface area (Å²) < 4.78 is 0. The highest BCUT2D eigenvalue weighted by atomic mass is 16.1. The van der Waals surface area contributed by atoms with Gasteiger partial charge in [-0.05, 0) is 24.5 Å². The van der Waals surface area contributed by atoms with Gasteiger partial charge in [0.1, 0.15) is 0 Å². The van der Waals surface area contributed by atoms with Crippen molar-refractivity contribution in [3.05, 3.63) is 29.8 Å². The van der Waals surface area contributed by atoms with Gasteiger partial charge in [0, 0.05) is 31.7 Å². The molecule has 0 spiro atoms. The van der Waals surface area contributed by atoms with Crippen LogP contribution in [-0.4, -0.2) is 26.5 Å². The maximum absolute atomic E-state index is 10.4. The minimum atomic E-state index is 0.450. The first-order chi connectivity index (χ1) is 7.83. The highest BCUT2D eigenvalue weighted by molar-refractivity contribution is 5.56. The van der Waals surface area contributed by atoms with Gasteiger partial charge in [-0.15, -0.1) is 0 Å². The lowest BCUT2D eigenvalue weighted by Gasteiger charge is -2.21. The van der Waals surface area contributed by atoms with E-state index in [0.717, 1.165) is 25.9 Å². The predicted octanol–water partition coefficient (Wildman–Crippen LogP) is 1.75. The third kappa shape index (κ3) is 2.18. The van der Waals surface area contributed by atoms with Crippen molar-refractivity contribution in [3.63, 3.8) is 0 Å². The molecule has 3 nitrogen and oxygen atoms in total. The number of hydrogen-bond acceptors (Lipinski definition) is 2. The van der Waals surface area contributed by atoms with Crippen molar-refractivity contribution in [2.24, 2.45) is 0 Å². The first-order valence-corrected chi connectivity index (χ1v) is 5.80. The third-order valence-corrected chi connectivity index (χ3v) is 3.28. The molecule has 0 aliphatic carbocycles.